The van der Waals surface area contributed by atoms with E-state index in [1.807, 2.05) is 0 Å². The lowest BCUT2D eigenvalue weighted by atomic mass is 10.3. The average molecular weight is 199 g/mol. The SMILES string of the molecule is CN(C)CCCN(C)CCCN=[N+]=[N-]. The third-order valence-corrected chi connectivity index (χ3v) is 2.01. The molecule has 82 valence electrons. The lowest BCUT2D eigenvalue weighted by Gasteiger charge is -2.17. The number of rotatable bonds is 8. The quantitative estimate of drug-likeness (QED) is 0.258. The Kier molecular flexibility index (Phi) is 8.33. The van der Waals surface area contributed by atoms with Gasteiger partial charge in [-0.15, -0.1) is 0 Å². The molecule has 0 bridgehead atoms. The van der Waals surface area contributed by atoms with E-state index in [-0.39, 0.29) is 0 Å². The third-order valence-electron chi connectivity index (χ3n) is 2.01. The molecule has 0 spiro atoms. The first-order valence-corrected chi connectivity index (χ1v) is 5.01. The Morgan fingerprint density at radius 1 is 1.07 bits per heavy atom. The summed E-state index contributed by atoms with van der Waals surface area (Å²) in [4.78, 5) is 7.18. The minimum absolute atomic E-state index is 0.606. The van der Waals surface area contributed by atoms with E-state index in [1.165, 1.54) is 6.42 Å². The Balaban J connectivity index is 3.27. The summed E-state index contributed by atoms with van der Waals surface area (Å²) in [5, 5.41) is 3.50. The minimum Gasteiger partial charge on any atom is -0.309 e. The Morgan fingerprint density at radius 3 is 2.29 bits per heavy atom. The molecule has 0 aliphatic rings. The van der Waals surface area contributed by atoms with Crippen LogP contribution in [-0.2, 0) is 0 Å². The molecule has 0 aromatic rings. The van der Waals surface area contributed by atoms with E-state index < -0.39 is 0 Å². The van der Waals surface area contributed by atoms with Crippen LogP contribution in [0.1, 0.15) is 12.8 Å². The van der Waals surface area contributed by atoms with Gasteiger partial charge in [-0.1, -0.05) is 5.11 Å². The van der Waals surface area contributed by atoms with Gasteiger partial charge < -0.3 is 9.80 Å². The summed E-state index contributed by atoms with van der Waals surface area (Å²) in [6.45, 7) is 3.84. The third kappa shape index (κ3) is 9.32. The monoisotopic (exact) mass is 199 g/mol. The van der Waals surface area contributed by atoms with E-state index in [1.54, 1.807) is 0 Å². The van der Waals surface area contributed by atoms with Crippen molar-refractivity contribution < 1.29 is 0 Å². The molecule has 0 rings (SSSR count). The van der Waals surface area contributed by atoms with Crippen LogP contribution in [0.5, 0.6) is 0 Å². The van der Waals surface area contributed by atoms with Gasteiger partial charge in [-0.2, -0.15) is 0 Å². The van der Waals surface area contributed by atoms with Gasteiger partial charge >= 0.3 is 0 Å². The molecule has 0 amide bonds. The van der Waals surface area contributed by atoms with Crippen molar-refractivity contribution in [2.45, 2.75) is 12.8 Å². The van der Waals surface area contributed by atoms with Gasteiger partial charge in [0.05, 0.1) is 0 Å². The van der Waals surface area contributed by atoms with E-state index in [2.05, 4.69) is 41.0 Å². The normalized spacial score (nSPS) is 10.6. The summed E-state index contributed by atoms with van der Waals surface area (Å²) in [5.41, 5.74) is 8.07. The average Bonchev–Trinajstić information content (AvgIpc) is 2.12. The number of hydrogen-bond acceptors (Lipinski definition) is 3. The first-order chi connectivity index (χ1) is 6.66. The largest absolute Gasteiger partial charge is 0.309 e. The van der Waals surface area contributed by atoms with Crippen LogP contribution in [0.2, 0.25) is 0 Å². The van der Waals surface area contributed by atoms with Crippen molar-refractivity contribution >= 4 is 0 Å². The molecule has 5 heteroatoms. The van der Waals surface area contributed by atoms with Crippen LogP contribution in [0.3, 0.4) is 0 Å². The fourth-order valence-corrected chi connectivity index (χ4v) is 1.22. The Hall–Kier alpha value is -0.770. The molecule has 0 radical (unpaired) electrons. The van der Waals surface area contributed by atoms with Crippen molar-refractivity contribution in [1.82, 2.24) is 9.80 Å². The number of azide groups is 1. The van der Waals surface area contributed by atoms with Crippen LogP contribution >= 0.6 is 0 Å². The summed E-state index contributed by atoms with van der Waals surface area (Å²) in [6, 6.07) is 0. The molecule has 0 aliphatic carbocycles. The maximum absolute atomic E-state index is 8.07. The van der Waals surface area contributed by atoms with Crippen LogP contribution in [0, 0.1) is 0 Å². The molecular formula is C9H21N5. The highest BCUT2D eigenvalue weighted by molar-refractivity contribution is 4.55. The molecule has 0 aliphatic heterocycles. The molecule has 0 unspecified atom stereocenters. The van der Waals surface area contributed by atoms with E-state index in [0.29, 0.717) is 6.54 Å². The van der Waals surface area contributed by atoms with E-state index in [9.17, 15) is 0 Å². The fourth-order valence-electron chi connectivity index (χ4n) is 1.22. The van der Waals surface area contributed by atoms with Gasteiger partial charge in [-0.3, -0.25) is 0 Å². The zero-order chi connectivity index (χ0) is 10.8. The molecule has 0 heterocycles. The summed E-state index contributed by atoms with van der Waals surface area (Å²) < 4.78 is 0. The van der Waals surface area contributed by atoms with Crippen LogP contribution in [-0.4, -0.2) is 57.1 Å². The predicted molar refractivity (Wildman–Crippen MR) is 59.3 cm³/mol. The van der Waals surface area contributed by atoms with Crippen molar-refractivity contribution in [3.05, 3.63) is 10.4 Å². The second-order valence-corrected chi connectivity index (χ2v) is 3.77. The Morgan fingerprint density at radius 2 is 1.71 bits per heavy atom. The van der Waals surface area contributed by atoms with Crippen molar-refractivity contribution in [3.8, 4) is 0 Å². The highest BCUT2D eigenvalue weighted by Crippen LogP contribution is 1.92. The maximum Gasteiger partial charge on any atom is 0.0270 e. The molecule has 5 nitrogen and oxygen atoms in total. The zero-order valence-electron chi connectivity index (χ0n) is 9.48. The van der Waals surface area contributed by atoms with E-state index in [0.717, 1.165) is 26.1 Å². The summed E-state index contributed by atoms with van der Waals surface area (Å²) in [5.74, 6) is 0. The standard InChI is InChI=1S/C9H21N5/c1-13(2)7-5-9-14(3)8-4-6-11-12-10/h4-9H2,1-3H3. The highest BCUT2D eigenvalue weighted by Gasteiger charge is 1.97. The van der Waals surface area contributed by atoms with Gasteiger partial charge in [-0.05, 0) is 59.2 Å². The molecule has 0 N–H and O–H groups in total. The summed E-state index contributed by atoms with van der Waals surface area (Å²) >= 11 is 0. The van der Waals surface area contributed by atoms with Crippen LogP contribution in [0.4, 0.5) is 0 Å². The molecule has 14 heavy (non-hydrogen) atoms. The minimum atomic E-state index is 0.606. The van der Waals surface area contributed by atoms with Gasteiger partial charge in [-0.25, -0.2) is 0 Å². The van der Waals surface area contributed by atoms with Gasteiger partial charge in [0.2, 0.25) is 0 Å². The van der Waals surface area contributed by atoms with E-state index in [4.69, 9.17) is 5.53 Å². The lowest BCUT2D eigenvalue weighted by molar-refractivity contribution is 0.299. The Labute approximate surface area is 86.3 Å². The highest BCUT2D eigenvalue weighted by atomic mass is 15.1. The van der Waals surface area contributed by atoms with Crippen LogP contribution in [0.25, 0.3) is 10.4 Å². The molecule has 0 fully saturated rings. The molecule has 0 saturated carbocycles. The van der Waals surface area contributed by atoms with Gasteiger partial charge in [0.25, 0.3) is 0 Å². The second-order valence-electron chi connectivity index (χ2n) is 3.77. The summed E-state index contributed by atoms with van der Waals surface area (Å²) in [7, 11) is 6.27. The van der Waals surface area contributed by atoms with Gasteiger partial charge in [0.15, 0.2) is 0 Å². The first-order valence-electron chi connectivity index (χ1n) is 5.01. The molecule has 0 atom stereocenters. The van der Waals surface area contributed by atoms with Crippen LogP contribution < -0.4 is 0 Å². The smallest absolute Gasteiger partial charge is 0.0270 e. The Bertz CT molecular complexity index is 174. The molecule has 0 aromatic carbocycles. The first kappa shape index (κ1) is 13.2. The number of hydrogen-bond donors (Lipinski definition) is 0. The van der Waals surface area contributed by atoms with E-state index >= 15 is 0 Å². The maximum atomic E-state index is 8.07. The zero-order valence-corrected chi connectivity index (χ0v) is 9.48. The molecular weight excluding hydrogens is 178 g/mol. The number of nitrogens with zero attached hydrogens (tertiary/aromatic N) is 5. The van der Waals surface area contributed by atoms with Gasteiger partial charge in [0.1, 0.15) is 0 Å². The second kappa shape index (κ2) is 8.81. The van der Waals surface area contributed by atoms with Crippen molar-refractivity contribution in [3.63, 3.8) is 0 Å². The lowest BCUT2D eigenvalue weighted by Crippen LogP contribution is -2.24. The van der Waals surface area contributed by atoms with Gasteiger partial charge in [0, 0.05) is 11.5 Å². The summed E-state index contributed by atoms with van der Waals surface area (Å²) in [6.07, 6.45) is 2.13. The van der Waals surface area contributed by atoms with Crippen molar-refractivity contribution in [2.24, 2.45) is 5.11 Å². The topological polar surface area (TPSA) is 55.2 Å². The van der Waals surface area contributed by atoms with Crippen molar-refractivity contribution in [1.29, 1.82) is 0 Å². The van der Waals surface area contributed by atoms with Crippen molar-refractivity contribution in [2.75, 3.05) is 47.3 Å². The predicted octanol–water partition coefficient (Wildman–Crippen LogP) is 1.57. The van der Waals surface area contributed by atoms with Crippen LogP contribution in [0.15, 0.2) is 5.11 Å². The molecule has 0 saturated heterocycles. The fraction of sp³-hybridized carbons (Fsp3) is 1.00. The molecule has 0 aromatic heterocycles.